The van der Waals surface area contributed by atoms with Crippen molar-refractivity contribution in [2.45, 2.75) is 75.9 Å². The van der Waals surface area contributed by atoms with Crippen molar-refractivity contribution in [3.63, 3.8) is 0 Å². The number of nitrogens with zero attached hydrogens (tertiary/aromatic N) is 1. The van der Waals surface area contributed by atoms with E-state index in [1.807, 2.05) is 62.1 Å². The van der Waals surface area contributed by atoms with Gasteiger partial charge in [-0.1, -0.05) is 83.4 Å². The molecule has 2 fully saturated rings. The van der Waals surface area contributed by atoms with E-state index in [-0.39, 0.29) is 23.7 Å². The highest BCUT2D eigenvalue weighted by atomic mass is 79.9. The Hall–Kier alpha value is -2.70. The lowest BCUT2D eigenvalue weighted by Gasteiger charge is -2.36. The van der Waals surface area contributed by atoms with Gasteiger partial charge in [-0.3, -0.25) is 0 Å². The molecule has 3 aromatic rings. The Kier molecular flexibility index (Phi) is 8.67. The molecule has 0 unspecified atom stereocenters. The van der Waals surface area contributed by atoms with Crippen LogP contribution in [0.4, 0.5) is 9.18 Å². The molecular formula is C34H39BrFNO3. The third kappa shape index (κ3) is 6.44. The summed E-state index contributed by atoms with van der Waals surface area (Å²) in [7, 11) is 0. The fraction of sp³-hybridized carbons (Fsp3) is 0.441. The molecule has 1 saturated heterocycles. The van der Waals surface area contributed by atoms with Crippen LogP contribution in [0.2, 0.25) is 0 Å². The standard InChI is InChI=1S/C34H39BrFNO3/c1-33(2,3)40-32(38)37-20-30(26-13-16-28(35)17-14-26)34(22-37,23-39-21-24-9-5-4-6-10-24)27-15-18-31(36)29(19-27)25-11-7-8-12-25/h4-6,9-10,13-19,25,30H,7-8,11-12,20-23H2,1-3H3/t30-,34-/m0/s1. The van der Waals surface area contributed by atoms with Crippen molar-refractivity contribution in [3.8, 4) is 0 Å². The summed E-state index contributed by atoms with van der Waals surface area (Å²) < 4.78 is 28.5. The molecule has 6 heteroatoms. The molecule has 1 aliphatic carbocycles. The summed E-state index contributed by atoms with van der Waals surface area (Å²) in [6, 6.07) is 24.0. The van der Waals surface area contributed by atoms with Crippen LogP contribution < -0.4 is 0 Å². The first-order valence-electron chi connectivity index (χ1n) is 14.3. The predicted octanol–water partition coefficient (Wildman–Crippen LogP) is 8.73. The summed E-state index contributed by atoms with van der Waals surface area (Å²) in [6.07, 6.45) is 3.95. The van der Waals surface area contributed by atoms with E-state index in [2.05, 4.69) is 46.3 Å². The lowest BCUT2D eigenvalue weighted by molar-refractivity contribution is 0.0254. The maximum absolute atomic E-state index is 15.2. The lowest BCUT2D eigenvalue weighted by Crippen LogP contribution is -2.41. The zero-order valence-corrected chi connectivity index (χ0v) is 25.3. The first-order chi connectivity index (χ1) is 19.1. The molecule has 0 aromatic heterocycles. The van der Waals surface area contributed by atoms with Crippen LogP contribution in [0.5, 0.6) is 0 Å². The molecule has 40 heavy (non-hydrogen) atoms. The number of amides is 1. The molecule has 1 aliphatic heterocycles. The molecule has 4 nitrogen and oxygen atoms in total. The number of ether oxygens (including phenoxy) is 2. The molecule has 212 valence electrons. The molecule has 1 saturated carbocycles. The van der Waals surface area contributed by atoms with Crippen LogP contribution >= 0.6 is 15.9 Å². The van der Waals surface area contributed by atoms with Gasteiger partial charge in [0.15, 0.2) is 0 Å². The maximum atomic E-state index is 15.2. The van der Waals surface area contributed by atoms with Crippen molar-refractivity contribution in [1.82, 2.24) is 4.90 Å². The number of carbonyl (C=O) groups excluding carboxylic acids is 1. The molecular weight excluding hydrogens is 569 g/mol. The molecule has 1 amide bonds. The van der Waals surface area contributed by atoms with Crippen LogP contribution in [0, 0.1) is 5.82 Å². The number of carbonyl (C=O) groups is 1. The smallest absolute Gasteiger partial charge is 0.410 e. The molecule has 0 radical (unpaired) electrons. The third-order valence-electron chi connectivity index (χ3n) is 8.30. The highest BCUT2D eigenvalue weighted by Crippen LogP contribution is 2.48. The zero-order valence-electron chi connectivity index (χ0n) is 23.7. The van der Waals surface area contributed by atoms with E-state index >= 15 is 4.39 Å². The number of halogens is 2. The second kappa shape index (κ2) is 12.0. The van der Waals surface area contributed by atoms with Crippen LogP contribution in [-0.4, -0.2) is 36.3 Å². The molecule has 3 aromatic carbocycles. The second-order valence-electron chi connectivity index (χ2n) is 12.3. The van der Waals surface area contributed by atoms with Gasteiger partial charge in [0.2, 0.25) is 0 Å². The quantitative estimate of drug-likeness (QED) is 0.269. The number of likely N-dealkylation sites (tertiary alicyclic amines) is 1. The van der Waals surface area contributed by atoms with Crippen molar-refractivity contribution in [3.05, 3.63) is 105 Å². The minimum atomic E-state index is -0.606. The van der Waals surface area contributed by atoms with E-state index < -0.39 is 11.0 Å². The second-order valence-corrected chi connectivity index (χ2v) is 13.2. The number of hydrogen-bond donors (Lipinski definition) is 0. The minimum Gasteiger partial charge on any atom is -0.444 e. The first-order valence-corrected chi connectivity index (χ1v) is 15.1. The molecule has 2 atom stereocenters. The Balaban J connectivity index is 1.58. The molecule has 0 bridgehead atoms. The molecule has 2 aliphatic rings. The molecule has 1 heterocycles. The normalized spacial score (nSPS) is 21.6. The van der Waals surface area contributed by atoms with Crippen molar-refractivity contribution in [2.75, 3.05) is 19.7 Å². The summed E-state index contributed by atoms with van der Waals surface area (Å²) in [5.41, 5.74) is 2.83. The first kappa shape index (κ1) is 28.8. The predicted molar refractivity (Wildman–Crippen MR) is 160 cm³/mol. The number of benzene rings is 3. The van der Waals surface area contributed by atoms with E-state index in [0.29, 0.717) is 26.3 Å². The van der Waals surface area contributed by atoms with Gasteiger partial charge in [0, 0.05) is 28.9 Å². The fourth-order valence-electron chi connectivity index (χ4n) is 6.35. The van der Waals surface area contributed by atoms with Crippen molar-refractivity contribution < 1.29 is 18.7 Å². The van der Waals surface area contributed by atoms with Crippen molar-refractivity contribution in [2.24, 2.45) is 0 Å². The Bertz CT molecular complexity index is 1300. The van der Waals surface area contributed by atoms with Crippen molar-refractivity contribution >= 4 is 22.0 Å². The highest BCUT2D eigenvalue weighted by molar-refractivity contribution is 9.10. The SMILES string of the molecule is CC(C)(C)OC(=O)N1C[C@@H](c2ccc(Br)cc2)[C@@](COCc2ccccc2)(c2ccc(F)c(C3CCCC3)c2)C1. The van der Waals surface area contributed by atoms with Gasteiger partial charge in [0.1, 0.15) is 11.4 Å². The van der Waals surface area contributed by atoms with Gasteiger partial charge in [-0.05, 0) is 80.0 Å². The van der Waals surface area contributed by atoms with E-state index in [0.717, 1.165) is 52.4 Å². The molecule has 0 N–H and O–H groups in total. The number of rotatable bonds is 7. The van der Waals surface area contributed by atoms with Gasteiger partial charge in [0.25, 0.3) is 0 Å². The van der Waals surface area contributed by atoms with E-state index in [1.54, 1.807) is 6.07 Å². The van der Waals surface area contributed by atoms with Gasteiger partial charge < -0.3 is 14.4 Å². The van der Waals surface area contributed by atoms with Gasteiger partial charge in [-0.15, -0.1) is 0 Å². The summed E-state index contributed by atoms with van der Waals surface area (Å²) in [6.45, 7) is 7.41. The highest BCUT2D eigenvalue weighted by Gasteiger charge is 2.51. The third-order valence-corrected chi connectivity index (χ3v) is 8.83. The van der Waals surface area contributed by atoms with Crippen LogP contribution in [-0.2, 0) is 21.5 Å². The van der Waals surface area contributed by atoms with Crippen LogP contribution in [0.3, 0.4) is 0 Å². The largest absolute Gasteiger partial charge is 0.444 e. The lowest BCUT2D eigenvalue weighted by atomic mass is 9.69. The molecule has 5 rings (SSSR count). The van der Waals surface area contributed by atoms with Gasteiger partial charge >= 0.3 is 6.09 Å². The summed E-state index contributed by atoms with van der Waals surface area (Å²) in [5, 5.41) is 0. The maximum Gasteiger partial charge on any atom is 0.410 e. The average molecular weight is 609 g/mol. The summed E-state index contributed by atoms with van der Waals surface area (Å²) >= 11 is 3.57. The van der Waals surface area contributed by atoms with Gasteiger partial charge in [-0.2, -0.15) is 0 Å². The topological polar surface area (TPSA) is 38.8 Å². The van der Waals surface area contributed by atoms with E-state index in [9.17, 15) is 4.79 Å². The minimum absolute atomic E-state index is 0.0641. The van der Waals surface area contributed by atoms with Gasteiger partial charge in [0.05, 0.1) is 13.2 Å². The fourth-order valence-corrected chi connectivity index (χ4v) is 6.61. The summed E-state index contributed by atoms with van der Waals surface area (Å²) in [4.78, 5) is 15.2. The monoisotopic (exact) mass is 607 g/mol. The number of hydrogen-bond acceptors (Lipinski definition) is 3. The molecule has 0 spiro atoms. The van der Waals surface area contributed by atoms with Crippen molar-refractivity contribution in [1.29, 1.82) is 0 Å². The van der Waals surface area contributed by atoms with Gasteiger partial charge in [-0.25, -0.2) is 9.18 Å². The van der Waals surface area contributed by atoms with E-state index in [4.69, 9.17) is 9.47 Å². The Labute approximate surface area is 246 Å². The Morgan fingerprint density at radius 2 is 1.73 bits per heavy atom. The zero-order chi connectivity index (χ0) is 28.3. The summed E-state index contributed by atoms with van der Waals surface area (Å²) in [5.74, 6) is 0.0284. The Morgan fingerprint density at radius 3 is 2.40 bits per heavy atom. The van der Waals surface area contributed by atoms with Crippen LogP contribution in [0.25, 0.3) is 0 Å². The Morgan fingerprint density at radius 1 is 1.02 bits per heavy atom. The van der Waals surface area contributed by atoms with Crippen LogP contribution in [0.1, 0.15) is 80.5 Å². The average Bonchev–Trinajstić information content (AvgIpc) is 3.59. The van der Waals surface area contributed by atoms with Crippen LogP contribution in [0.15, 0.2) is 77.3 Å². The van der Waals surface area contributed by atoms with E-state index in [1.165, 1.54) is 0 Å².